The lowest BCUT2D eigenvalue weighted by Gasteiger charge is -2.31. The van der Waals surface area contributed by atoms with Crippen LogP contribution in [-0.2, 0) is 0 Å². The molecule has 0 radical (unpaired) electrons. The quantitative estimate of drug-likeness (QED) is 0.743. The number of hydrogen-bond acceptors (Lipinski definition) is 2. The first kappa shape index (κ1) is 10.1. The van der Waals surface area contributed by atoms with E-state index >= 15 is 0 Å². The van der Waals surface area contributed by atoms with Crippen molar-refractivity contribution >= 4 is 0 Å². The van der Waals surface area contributed by atoms with Gasteiger partial charge in [-0.2, -0.15) is 0 Å². The normalized spacial score (nSPS) is 18.6. The molecule has 1 aliphatic heterocycles. The standard InChI is InChI=1S/C12H17N3/c1-2-7-14-10-5-12(6-11-14)13-15-8-3-4-9-15/h1,3-4,8-9,12-13H,5-7,10-11H2. The van der Waals surface area contributed by atoms with Crippen molar-refractivity contribution in [2.75, 3.05) is 25.1 Å². The molecular formula is C12H17N3. The lowest BCUT2D eigenvalue weighted by atomic mass is 10.1. The maximum atomic E-state index is 5.29. The molecule has 3 heteroatoms. The first-order valence-electron chi connectivity index (χ1n) is 5.44. The van der Waals surface area contributed by atoms with Gasteiger partial charge in [0.25, 0.3) is 0 Å². The lowest BCUT2D eigenvalue weighted by Crippen LogP contribution is -2.41. The smallest absolute Gasteiger partial charge is 0.0598 e. The molecule has 1 fully saturated rings. The first-order valence-corrected chi connectivity index (χ1v) is 5.44. The van der Waals surface area contributed by atoms with Gasteiger partial charge >= 0.3 is 0 Å². The summed E-state index contributed by atoms with van der Waals surface area (Å²) in [6, 6.07) is 4.63. The Morgan fingerprint density at radius 1 is 1.27 bits per heavy atom. The van der Waals surface area contributed by atoms with Crippen LogP contribution in [0, 0.1) is 12.3 Å². The van der Waals surface area contributed by atoms with Crippen molar-refractivity contribution in [3.63, 3.8) is 0 Å². The monoisotopic (exact) mass is 203 g/mol. The Bertz CT molecular complexity index is 315. The van der Waals surface area contributed by atoms with Crippen molar-refractivity contribution in [3.05, 3.63) is 24.5 Å². The van der Waals surface area contributed by atoms with E-state index in [1.54, 1.807) is 0 Å². The number of hydrogen-bond donors (Lipinski definition) is 1. The van der Waals surface area contributed by atoms with Crippen LogP contribution < -0.4 is 5.43 Å². The number of nitrogens with zero attached hydrogens (tertiary/aromatic N) is 2. The predicted molar refractivity (Wildman–Crippen MR) is 62.1 cm³/mol. The zero-order valence-electron chi connectivity index (χ0n) is 8.89. The summed E-state index contributed by atoms with van der Waals surface area (Å²) in [6.45, 7) is 2.99. The van der Waals surface area contributed by atoms with Gasteiger partial charge in [-0.25, -0.2) is 0 Å². The Morgan fingerprint density at radius 2 is 1.93 bits per heavy atom. The van der Waals surface area contributed by atoms with Crippen LogP contribution in [0.15, 0.2) is 24.5 Å². The molecule has 0 saturated carbocycles. The maximum Gasteiger partial charge on any atom is 0.0598 e. The Kier molecular flexibility index (Phi) is 3.31. The molecule has 0 atom stereocenters. The van der Waals surface area contributed by atoms with Gasteiger partial charge in [0.1, 0.15) is 0 Å². The Balaban J connectivity index is 1.77. The fourth-order valence-electron chi connectivity index (χ4n) is 1.98. The van der Waals surface area contributed by atoms with Crippen LogP contribution in [0.5, 0.6) is 0 Å². The van der Waals surface area contributed by atoms with E-state index in [1.807, 2.05) is 29.2 Å². The fourth-order valence-corrected chi connectivity index (χ4v) is 1.98. The zero-order chi connectivity index (χ0) is 10.5. The van der Waals surface area contributed by atoms with E-state index in [2.05, 4.69) is 16.2 Å². The Hall–Kier alpha value is -1.40. The summed E-state index contributed by atoms with van der Waals surface area (Å²) in [6.07, 6.45) is 11.7. The van der Waals surface area contributed by atoms with Crippen molar-refractivity contribution in [1.29, 1.82) is 0 Å². The van der Waals surface area contributed by atoms with Crippen LogP contribution in [0.25, 0.3) is 0 Å². The van der Waals surface area contributed by atoms with Gasteiger partial charge in [-0.1, -0.05) is 5.92 Å². The summed E-state index contributed by atoms with van der Waals surface area (Å²) < 4.78 is 2.03. The average molecular weight is 203 g/mol. The molecule has 1 aromatic heterocycles. The van der Waals surface area contributed by atoms with Crippen LogP contribution in [0.1, 0.15) is 12.8 Å². The minimum atomic E-state index is 0.575. The van der Waals surface area contributed by atoms with Gasteiger partial charge in [0.15, 0.2) is 0 Å². The summed E-state index contributed by atoms with van der Waals surface area (Å²) >= 11 is 0. The second-order valence-corrected chi connectivity index (χ2v) is 3.97. The molecule has 3 nitrogen and oxygen atoms in total. The molecule has 15 heavy (non-hydrogen) atoms. The molecule has 0 spiro atoms. The summed E-state index contributed by atoms with van der Waals surface area (Å²) in [7, 11) is 0. The van der Waals surface area contributed by atoms with Gasteiger partial charge < -0.3 is 5.43 Å². The highest BCUT2D eigenvalue weighted by atomic mass is 15.4. The fraction of sp³-hybridized carbons (Fsp3) is 0.500. The highest BCUT2D eigenvalue weighted by molar-refractivity contribution is 4.97. The molecule has 0 aliphatic carbocycles. The molecule has 1 saturated heterocycles. The van der Waals surface area contributed by atoms with Gasteiger partial charge in [-0.3, -0.25) is 9.58 Å². The number of nitrogens with one attached hydrogen (secondary N) is 1. The molecular weight excluding hydrogens is 186 g/mol. The van der Waals surface area contributed by atoms with Crippen LogP contribution in [0.3, 0.4) is 0 Å². The molecule has 0 unspecified atom stereocenters. The molecule has 1 aromatic rings. The molecule has 0 aromatic carbocycles. The minimum absolute atomic E-state index is 0.575. The number of rotatable bonds is 3. The second kappa shape index (κ2) is 4.90. The molecule has 80 valence electrons. The van der Waals surface area contributed by atoms with Gasteiger partial charge in [0.2, 0.25) is 0 Å². The predicted octanol–water partition coefficient (Wildman–Crippen LogP) is 1.13. The molecule has 1 aliphatic rings. The minimum Gasteiger partial charge on any atom is -0.323 e. The van der Waals surface area contributed by atoms with Gasteiger partial charge in [0, 0.05) is 31.5 Å². The summed E-state index contributed by atoms with van der Waals surface area (Å²) in [5.41, 5.74) is 3.46. The van der Waals surface area contributed by atoms with Crippen molar-refractivity contribution in [3.8, 4) is 12.3 Å². The molecule has 0 bridgehead atoms. The van der Waals surface area contributed by atoms with E-state index in [1.165, 1.54) is 12.8 Å². The van der Waals surface area contributed by atoms with E-state index in [4.69, 9.17) is 6.42 Å². The van der Waals surface area contributed by atoms with Crippen LogP contribution >= 0.6 is 0 Å². The van der Waals surface area contributed by atoms with Crippen LogP contribution in [0.2, 0.25) is 0 Å². The zero-order valence-corrected chi connectivity index (χ0v) is 8.89. The van der Waals surface area contributed by atoms with Gasteiger partial charge in [-0.05, 0) is 25.0 Å². The van der Waals surface area contributed by atoms with E-state index in [0.29, 0.717) is 6.04 Å². The lowest BCUT2D eigenvalue weighted by molar-refractivity contribution is 0.238. The SMILES string of the molecule is C#CCN1CCC(Nn2cccc2)CC1. The summed E-state index contributed by atoms with van der Waals surface area (Å²) in [5, 5.41) is 0. The molecule has 1 N–H and O–H groups in total. The molecule has 0 amide bonds. The van der Waals surface area contributed by atoms with Gasteiger partial charge in [-0.15, -0.1) is 6.42 Å². The highest BCUT2D eigenvalue weighted by Gasteiger charge is 2.17. The highest BCUT2D eigenvalue weighted by Crippen LogP contribution is 2.10. The maximum absolute atomic E-state index is 5.29. The second-order valence-electron chi connectivity index (χ2n) is 3.97. The topological polar surface area (TPSA) is 20.2 Å². The number of terminal acetylenes is 1. The van der Waals surface area contributed by atoms with Crippen molar-refractivity contribution in [2.45, 2.75) is 18.9 Å². The van der Waals surface area contributed by atoms with Crippen molar-refractivity contribution in [2.24, 2.45) is 0 Å². The average Bonchev–Trinajstić information content (AvgIpc) is 2.74. The first-order chi connectivity index (χ1) is 7.38. The summed E-state index contributed by atoms with van der Waals surface area (Å²) in [4.78, 5) is 2.33. The third-order valence-corrected chi connectivity index (χ3v) is 2.84. The van der Waals surface area contributed by atoms with Gasteiger partial charge in [0.05, 0.1) is 6.54 Å². The third kappa shape index (κ3) is 2.77. The molecule has 2 rings (SSSR count). The number of likely N-dealkylation sites (tertiary alicyclic amines) is 1. The van der Waals surface area contributed by atoms with Crippen molar-refractivity contribution in [1.82, 2.24) is 9.58 Å². The molecule has 2 heterocycles. The largest absolute Gasteiger partial charge is 0.323 e. The van der Waals surface area contributed by atoms with Crippen LogP contribution in [-0.4, -0.2) is 35.3 Å². The summed E-state index contributed by atoms with van der Waals surface area (Å²) in [5.74, 6) is 2.70. The Labute approximate surface area is 91.0 Å². The Morgan fingerprint density at radius 3 is 2.53 bits per heavy atom. The van der Waals surface area contributed by atoms with E-state index in [9.17, 15) is 0 Å². The number of piperidine rings is 1. The van der Waals surface area contributed by atoms with Crippen LogP contribution in [0.4, 0.5) is 0 Å². The third-order valence-electron chi connectivity index (χ3n) is 2.84. The van der Waals surface area contributed by atoms with E-state index in [0.717, 1.165) is 19.6 Å². The van der Waals surface area contributed by atoms with Crippen molar-refractivity contribution < 1.29 is 0 Å². The van der Waals surface area contributed by atoms with E-state index < -0.39 is 0 Å². The van der Waals surface area contributed by atoms with E-state index in [-0.39, 0.29) is 0 Å². The number of aromatic nitrogens is 1.